The fourth-order valence-corrected chi connectivity index (χ4v) is 3.47. The van der Waals surface area contributed by atoms with E-state index in [4.69, 9.17) is 15.7 Å². The van der Waals surface area contributed by atoms with Crippen LogP contribution in [0, 0.1) is 23.1 Å². The number of nitrogen functional groups attached to an aromatic ring is 1. The third kappa shape index (κ3) is 3.99. The molecular weight excluding hydrogens is 376 g/mol. The molecule has 4 rings (SSSR count). The molecule has 2 aromatic carbocycles. The molecule has 1 fully saturated rings. The van der Waals surface area contributed by atoms with Crippen molar-refractivity contribution in [2.75, 3.05) is 18.8 Å². The highest BCUT2D eigenvalue weighted by Gasteiger charge is 2.23. The van der Waals surface area contributed by atoms with Crippen LogP contribution in [0.15, 0.2) is 48.5 Å². The van der Waals surface area contributed by atoms with Crippen LogP contribution in [0.25, 0.3) is 11.3 Å². The Kier molecular flexibility index (Phi) is 5.04. The van der Waals surface area contributed by atoms with Gasteiger partial charge in [0.15, 0.2) is 17.8 Å². The average Bonchev–Trinajstić information content (AvgIpc) is 3.12. The predicted octanol–water partition coefficient (Wildman–Crippen LogP) is 4.32. The number of rotatable bonds is 4. The Labute approximate surface area is 166 Å². The number of nitrogens with zero attached hydrogens (tertiary/aromatic N) is 4. The largest absolute Gasteiger partial charge is 0.454 e. The highest BCUT2D eigenvalue weighted by atomic mass is 19.1. The van der Waals surface area contributed by atoms with Gasteiger partial charge in [0.2, 0.25) is 0 Å². The number of hydrogen-bond acceptors (Lipinski definition) is 5. The molecule has 0 radical (unpaired) electrons. The van der Waals surface area contributed by atoms with E-state index in [1.165, 1.54) is 6.07 Å². The summed E-state index contributed by atoms with van der Waals surface area (Å²) >= 11 is 0. The second-order valence-corrected chi connectivity index (χ2v) is 6.94. The van der Waals surface area contributed by atoms with Crippen molar-refractivity contribution in [1.82, 2.24) is 14.7 Å². The normalized spacial score (nSPS) is 16.4. The third-order valence-corrected chi connectivity index (χ3v) is 4.92. The Balaban J connectivity index is 1.51. The maximum atomic E-state index is 13.7. The van der Waals surface area contributed by atoms with Gasteiger partial charge in [-0.05, 0) is 49.2 Å². The molecule has 2 N–H and O–H groups in total. The summed E-state index contributed by atoms with van der Waals surface area (Å²) in [4.78, 5) is 1.72. The first kappa shape index (κ1) is 18.7. The molecule has 1 aromatic heterocycles. The van der Waals surface area contributed by atoms with Gasteiger partial charge in [0.25, 0.3) is 0 Å². The summed E-state index contributed by atoms with van der Waals surface area (Å²) in [6.07, 6.45) is 4.02. The highest BCUT2D eigenvalue weighted by Crippen LogP contribution is 2.30. The van der Waals surface area contributed by atoms with Crippen molar-refractivity contribution in [1.29, 1.82) is 5.26 Å². The molecule has 0 amide bonds. The molecule has 8 heteroatoms. The van der Waals surface area contributed by atoms with Gasteiger partial charge in [-0.25, -0.2) is 13.5 Å². The van der Waals surface area contributed by atoms with E-state index in [0.717, 1.165) is 37.1 Å². The molecular formula is C21H19F2N5O. The number of halogens is 2. The molecule has 1 aliphatic heterocycles. The second kappa shape index (κ2) is 7.80. The van der Waals surface area contributed by atoms with Crippen molar-refractivity contribution < 1.29 is 13.5 Å². The molecule has 148 valence electrons. The summed E-state index contributed by atoms with van der Waals surface area (Å²) in [5.41, 5.74) is 7.69. The molecule has 3 aromatic rings. The number of nitriles is 1. The molecule has 29 heavy (non-hydrogen) atoms. The lowest BCUT2D eigenvalue weighted by Crippen LogP contribution is -2.34. The summed E-state index contributed by atoms with van der Waals surface area (Å²) in [6.45, 7) is 1.36. The van der Waals surface area contributed by atoms with E-state index in [2.05, 4.69) is 11.3 Å². The lowest BCUT2D eigenvalue weighted by atomic mass is 10.1. The fourth-order valence-electron chi connectivity index (χ4n) is 3.47. The molecule has 1 aliphatic rings. The van der Waals surface area contributed by atoms with Gasteiger partial charge in [0, 0.05) is 24.2 Å². The standard InChI is InChI=1S/C21H19F2N5O/c22-15-5-8-20(18(23)10-15)29-17-6-3-14(4-7-17)19-11-21(25)28(26-19)16-2-1-9-27(12-16)13-24/h3-8,10-11,16H,1-2,9,12,25H2. The number of likely N-dealkylation sites (tertiary alicyclic amines) is 1. The van der Waals surface area contributed by atoms with Gasteiger partial charge in [-0.15, -0.1) is 0 Å². The van der Waals surface area contributed by atoms with Gasteiger partial charge in [-0.2, -0.15) is 10.4 Å². The van der Waals surface area contributed by atoms with Crippen LogP contribution in [0.1, 0.15) is 18.9 Å². The van der Waals surface area contributed by atoms with Crippen molar-refractivity contribution in [3.63, 3.8) is 0 Å². The molecule has 1 atom stereocenters. The smallest absolute Gasteiger partial charge is 0.179 e. The number of ether oxygens (including phenoxy) is 1. The van der Waals surface area contributed by atoms with Crippen molar-refractivity contribution in [2.24, 2.45) is 0 Å². The average molecular weight is 395 g/mol. The maximum Gasteiger partial charge on any atom is 0.179 e. The number of piperidine rings is 1. The van der Waals surface area contributed by atoms with Gasteiger partial charge in [0.05, 0.1) is 18.3 Å². The number of aromatic nitrogens is 2. The molecule has 0 saturated carbocycles. The molecule has 6 nitrogen and oxygen atoms in total. The van der Waals surface area contributed by atoms with Gasteiger partial charge in [0.1, 0.15) is 17.4 Å². The van der Waals surface area contributed by atoms with E-state index in [1.54, 1.807) is 39.9 Å². The minimum absolute atomic E-state index is 0.0491. The first-order chi connectivity index (χ1) is 14.0. The Hall–Kier alpha value is -3.60. The monoisotopic (exact) mass is 395 g/mol. The van der Waals surface area contributed by atoms with Crippen LogP contribution in [0.3, 0.4) is 0 Å². The lowest BCUT2D eigenvalue weighted by Gasteiger charge is -2.29. The molecule has 1 unspecified atom stereocenters. The van der Waals surface area contributed by atoms with E-state index in [-0.39, 0.29) is 11.8 Å². The molecule has 0 aliphatic carbocycles. The molecule has 0 spiro atoms. The molecule has 1 saturated heterocycles. The first-order valence-electron chi connectivity index (χ1n) is 9.26. The molecule has 2 heterocycles. The second-order valence-electron chi connectivity index (χ2n) is 6.94. The van der Waals surface area contributed by atoms with Gasteiger partial charge in [-0.1, -0.05) is 0 Å². The summed E-state index contributed by atoms with van der Waals surface area (Å²) in [5, 5.41) is 13.8. The Morgan fingerprint density at radius 1 is 1.14 bits per heavy atom. The zero-order valence-electron chi connectivity index (χ0n) is 15.6. The van der Waals surface area contributed by atoms with Crippen LogP contribution >= 0.6 is 0 Å². The highest BCUT2D eigenvalue weighted by molar-refractivity contribution is 5.63. The minimum Gasteiger partial charge on any atom is -0.454 e. The van der Waals surface area contributed by atoms with Crippen LogP contribution < -0.4 is 10.5 Å². The van der Waals surface area contributed by atoms with Crippen LogP contribution in [0.2, 0.25) is 0 Å². The summed E-state index contributed by atoms with van der Waals surface area (Å²) < 4.78 is 34.0. The van der Waals surface area contributed by atoms with E-state index in [1.807, 2.05) is 0 Å². The summed E-state index contributed by atoms with van der Waals surface area (Å²) in [5.74, 6) is -0.511. The number of anilines is 1. The number of nitrogens with two attached hydrogens (primary N) is 1. The van der Waals surface area contributed by atoms with Crippen LogP contribution in [-0.4, -0.2) is 27.8 Å². The topological polar surface area (TPSA) is 80.1 Å². The van der Waals surface area contributed by atoms with Crippen molar-refractivity contribution in [3.05, 3.63) is 60.2 Å². The predicted molar refractivity (Wildman–Crippen MR) is 104 cm³/mol. The zero-order chi connectivity index (χ0) is 20.4. The van der Waals surface area contributed by atoms with Crippen LogP contribution in [-0.2, 0) is 0 Å². The lowest BCUT2D eigenvalue weighted by molar-refractivity contribution is 0.235. The van der Waals surface area contributed by atoms with E-state index < -0.39 is 11.6 Å². The minimum atomic E-state index is -0.764. The Bertz CT molecular complexity index is 1060. The SMILES string of the molecule is N#CN1CCCC(n2nc(-c3ccc(Oc4ccc(F)cc4F)cc3)cc2N)C1. The van der Waals surface area contributed by atoms with Crippen LogP contribution in [0.4, 0.5) is 14.6 Å². The van der Waals surface area contributed by atoms with Crippen molar-refractivity contribution in [2.45, 2.75) is 18.9 Å². The first-order valence-corrected chi connectivity index (χ1v) is 9.26. The fraction of sp³-hybridized carbons (Fsp3) is 0.238. The maximum absolute atomic E-state index is 13.7. The number of benzene rings is 2. The van der Waals surface area contributed by atoms with Gasteiger partial charge in [-0.3, -0.25) is 0 Å². The zero-order valence-corrected chi connectivity index (χ0v) is 15.6. The third-order valence-electron chi connectivity index (χ3n) is 4.92. The Morgan fingerprint density at radius 3 is 2.66 bits per heavy atom. The van der Waals surface area contributed by atoms with E-state index >= 15 is 0 Å². The quantitative estimate of drug-likeness (QED) is 0.666. The summed E-state index contributed by atoms with van der Waals surface area (Å²) in [6, 6.07) is 12.0. The summed E-state index contributed by atoms with van der Waals surface area (Å²) in [7, 11) is 0. The van der Waals surface area contributed by atoms with Crippen molar-refractivity contribution in [3.8, 4) is 28.9 Å². The van der Waals surface area contributed by atoms with Crippen molar-refractivity contribution >= 4 is 5.82 Å². The number of hydrogen-bond donors (Lipinski definition) is 1. The van der Waals surface area contributed by atoms with E-state index in [9.17, 15) is 8.78 Å². The van der Waals surface area contributed by atoms with Gasteiger partial charge >= 0.3 is 0 Å². The van der Waals surface area contributed by atoms with E-state index in [0.29, 0.717) is 23.8 Å². The Morgan fingerprint density at radius 2 is 1.93 bits per heavy atom. The molecule has 0 bridgehead atoms. The van der Waals surface area contributed by atoms with Crippen LogP contribution in [0.5, 0.6) is 11.5 Å². The van der Waals surface area contributed by atoms with Gasteiger partial charge < -0.3 is 15.4 Å².